The third-order valence-corrected chi connectivity index (χ3v) is 2.85. The van der Waals surface area contributed by atoms with Crippen molar-refractivity contribution in [3.05, 3.63) is 47.6 Å². The predicted octanol–water partition coefficient (Wildman–Crippen LogP) is 2.92. The largest absolute Gasteiger partial charge is 0.289 e. The summed E-state index contributed by atoms with van der Waals surface area (Å²) in [6.07, 6.45) is 4.19. The Morgan fingerprint density at radius 2 is 1.19 bits per heavy atom. The summed E-state index contributed by atoms with van der Waals surface area (Å²) in [7, 11) is 0. The molecular weight excluding hydrogens is 200 g/mol. The summed E-state index contributed by atoms with van der Waals surface area (Å²) in [5.74, 6) is -0.0669. The molecule has 84 valence electrons. The fourth-order valence-corrected chi connectivity index (χ4v) is 1.79. The molecule has 0 saturated heterocycles. The summed E-state index contributed by atoms with van der Waals surface area (Å²) in [6, 6.07) is 0. The van der Waals surface area contributed by atoms with Crippen LogP contribution in [0.25, 0.3) is 0 Å². The summed E-state index contributed by atoms with van der Waals surface area (Å²) < 4.78 is 0. The summed E-state index contributed by atoms with van der Waals surface area (Å²) >= 11 is 0. The first-order valence-electron chi connectivity index (χ1n) is 5.25. The van der Waals surface area contributed by atoms with Crippen LogP contribution in [-0.2, 0) is 9.59 Å². The zero-order chi connectivity index (χ0) is 12.3. The Morgan fingerprint density at radius 1 is 0.875 bits per heavy atom. The van der Waals surface area contributed by atoms with E-state index >= 15 is 0 Å². The predicted molar refractivity (Wildman–Crippen MR) is 65.0 cm³/mol. The molecule has 0 radical (unpaired) electrons. The van der Waals surface area contributed by atoms with Gasteiger partial charge in [-0.05, 0) is 26.7 Å². The van der Waals surface area contributed by atoms with E-state index in [4.69, 9.17) is 0 Å². The number of hydrogen-bond donors (Lipinski definition) is 0. The van der Waals surface area contributed by atoms with Gasteiger partial charge in [-0.1, -0.05) is 12.2 Å². The van der Waals surface area contributed by atoms with Crippen LogP contribution in [0.2, 0.25) is 0 Å². The first-order valence-corrected chi connectivity index (χ1v) is 5.25. The third kappa shape index (κ3) is 1.96. The summed E-state index contributed by atoms with van der Waals surface area (Å²) in [5, 5.41) is 0. The van der Waals surface area contributed by atoms with Crippen LogP contribution in [0.15, 0.2) is 47.6 Å². The molecule has 0 aromatic carbocycles. The second-order valence-electron chi connectivity index (χ2n) is 3.85. The van der Waals surface area contributed by atoms with Crippen LogP contribution >= 0.6 is 0 Å². The highest BCUT2D eigenvalue weighted by atomic mass is 16.1. The fourth-order valence-electron chi connectivity index (χ4n) is 1.79. The number of rotatable bonds is 4. The molecule has 0 fully saturated rings. The topological polar surface area (TPSA) is 34.1 Å². The molecule has 1 rings (SSSR count). The summed E-state index contributed by atoms with van der Waals surface area (Å²) in [5.41, 5.74) is 2.25. The van der Waals surface area contributed by atoms with Gasteiger partial charge in [0.15, 0.2) is 11.6 Å². The molecule has 0 unspecified atom stereocenters. The van der Waals surface area contributed by atoms with Gasteiger partial charge in [0, 0.05) is 22.3 Å². The van der Waals surface area contributed by atoms with Crippen LogP contribution < -0.4 is 0 Å². The highest BCUT2D eigenvalue weighted by molar-refractivity contribution is 6.24. The molecule has 1 aliphatic rings. The maximum atomic E-state index is 12.0. The van der Waals surface area contributed by atoms with Crippen molar-refractivity contribution in [2.45, 2.75) is 26.7 Å². The molecule has 2 heteroatoms. The van der Waals surface area contributed by atoms with E-state index in [0.717, 1.165) is 0 Å². The van der Waals surface area contributed by atoms with E-state index in [1.807, 2.05) is 0 Å². The maximum absolute atomic E-state index is 12.0. The monoisotopic (exact) mass is 216 g/mol. The normalized spacial score (nSPS) is 16.9. The maximum Gasteiger partial charge on any atom is 0.185 e. The van der Waals surface area contributed by atoms with Crippen molar-refractivity contribution in [1.29, 1.82) is 0 Å². The van der Waals surface area contributed by atoms with Crippen LogP contribution in [0.5, 0.6) is 0 Å². The minimum Gasteiger partial charge on any atom is -0.289 e. The van der Waals surface area contributed by atoms with Crippen molar-refractivity contribution < 1.29 is 9.59 Å². The molecule has 0 aromatic heterocycles. The van der Waals surface area contributed by atoms with Crippen molar-refractivity contribution in [3.8, 4) is 0 Å². The molecule has 0 saturated carbocycles. The minimum atomic E-state index is -0.0335. The van der Waals surface area contributed by atoms with E-state index in [1.54, 1.807) is 26.0 Å². The van der Waals surface area contributed by atoms with Gasteiger partial charge in [-0.15, -0.1) is 13.2 Å². The van der Waals surface area contributed by atoms with Gasteiger partial charge in [0.2, 0.25) is 0 Å². The average Bonchev–Trinajstić information content (AvgIpc) is 2.28. The van der Waals surface area contributed by atoms with Crippen molar-refractivity contribution >= 4 is 11.6 Å². The van der Waals surface area contributed by atoms with Crippen LogP contribution in [0.1, 0.15) is 26.7 Å². The Labute approximate surface area is 96.0 Å². The van der Waals surface area contributed by atoms with Gasteiger partial charge in [-0.25, -0.2) is 0 Å². The molecule has 0 spiro atoms. The average molecular weight is 216 g/mol. The van der Waals surface area contributed by atoms with Crippen LogP contribution in [0.3, 0.4) is 0 Å². The van der Waals surface area contributed by atoms with E-state index in [0.29, 0.717) is 35.1 Å². The third-order valence-electron chi connectivity index (χ3n) is 2.85. The van der Waals surface area contributed by atoms with Crippen LogP contribution in [0.4, 0.5) is 0 Å². The molecule has 1 aliphatic carbocycles. The molecule has 0 aliphatic heterocycles. The van der Waals surface area contributed by atoms with Crippen molar-refractivity contribution in [1.82, 2.24) is 0 Å². The molecule has 16 heavy (non-hydrogen) atoms. The number of carbonyl (C=O) groups is 2. The molecule has 0 bridgehead atoms. The van der Waals surface area contributed by atoms with Crippen molar-refractivity contribution in [2.24, 2.45) is 0 Å². The molecule has 0 amide bonds. The van der Waals surface area contributed by atoms with E-state index in [1.165, 1.54) is 0 Å². The van der Waals surface area contributed by atoms with Gasteiger partial charge >= 0.3 is 0 Å². The standard InChI is InChI=1S/C14H16O2/c1-5-7-11-12(8-6-2)14(16)10(4)9(3)13(11)15/h5-6H,1-2,7-8H2,3-4H3. The van der Waals surface area contributed by atoms with Gasteiger partial charge in [-0.3, -0.25) is 9.59 Å². The van der Waals surface area contributed by atoms with Gasteiger partial charge in [0.25, 0.3) is 0 Å². The van der Waals surface area contributed by atoms with Gasteiger partial charge in [-0.2, -0.15) is 0 Å². The first-order chi connectivity index (χ1) is 7.54. The van der Waals surface area contributed by atoms with Gasteiger partial charge in [0.05, 0.1) is 0 Å². The zero-order valence-electron chi connectivity index (χ0n) is 9.80. The number of ketones is 2. The number of carbonyl (C=O) groups excluding carboxylic acids is 2. The Kier molecular flexibility index (Phi) is 3.78. The lowest BCUT2D eigenvalue weighted by Gasteiger charge is -2.19. The Hall–Kier alpha value is -1.70. The quantitative estimate of drug-likeness (QED) is 0.535. The SMILES string of the molecule is C=CCC1=C(CC=C)C(=O)C(C)=C(C)C1=O. The van der Waals surface area contributed by atoms with Crippen LogP contribution in [0, 0.1) is 0 Å². The smallest absolute Gasteiger partial charge is 0.185 e. The van der Waals surface area contributed by atoms with E-state index in [2.05, 4.69) is 13.2 Å². The molecule has 0 heterocycles. The van der Waals surface area contributed by atoms with E-state index < -0.39 is 0 Å². The van der Waals surface area contributed by atoms with Crippen molar-refractivity contribution in [3.63, 3.8) is 0 Å². The Morgan fingerprint density at radius 3 is 1.44 bits per heavy atom. The molecule has 0 aromatic rings. The fraction of sp³-hybridized carbons (Fsp3) is 0.286. The molecule has 0 N–H and O–H groups in total. The Balaban J connectivity index is 3.31. The number of hydrogen-bond acceptors (Lipinski definition) is 2. The van der Waals surface area contributed by atoms with Crippen LogP contribution in [-0.4, -0.2) is 11.6 Å². The Bertz CT molecular complexity index is 394. The van der Waals surface area contributed by atoms with Crippen molar-refractivity contribution in [2.75, 3.05) is 0 Å². The lowest BCUT2D eigenvalue weighted by molar-refractivity contribution is -0.116. The molecular formula is C14H16O2. The number of Topliss-reactive ketones (excluding diaryl/α,β-unsaturated/α-hetero) is 2. The zero-order valence-corrected chi connectivity index (χ0v) is 9.80. The highest BCUT2D eigenvalue weighted by Gasteiger charge is 2.28. The number of allylic oxidation sites excluding steroid dienone is 6. The van der Waals surface area contributed by atoms with E-state index in [9.17, 15) is 9.59 Å². The lowest BCUT2D eigenvalue weighted by atomic mass is 9.82. The second-order valence-corrected chi connectivity index (χ2v) is 3.85. The summed E-state index contributed by atoms with van der Waals surface area (Å²) in [6.45, 7) is 10.6. The summed E-state index contributed by atoms with van der Waals surface area (Å²) in [4.78, 5) is 24.0. The second kappa shape index (κ2) is 4.88. The van der Waals surface area contributed by atoms with E-state index in [-0.39, 0.29) is 11.6 Å². The van der Waals surface area contributed by atoms with Gasteiger partial charge in [0.1, 0.15) is 0 Å². The lowest BCUT2D eigenvalue weighted by Crippen LogP contribution is -2.21. The first kappa shape index (κ1) is 12.4. The molecule has 2 nitrogen and oxygen atoms in total. The highest BCUT2D eigenvalue weighted by Crippen LogP contribution is 2.28. The van der Waals surface area contributed by atoms with Gasteiger partial charge < -0.3 is 0 Å². The molecule has 0 atom stereocenters. The minimum absolute atomic E-state index is 0.0335.